The van der Waals surface area contributed by atoms with Gasteiger partial charge in [0.15, 0.2) is 10.8 Å². The summed E-state index contributed by atoms with van der Waals surface area (Å²) in [4.78, 5) is 19.5. The maximum absolute atomic E-state index is 11.4. The Labute approximate surface area is 158 Å². The zero-order valence-electron chi connectivity index (χ0n) is 14.1. The second-order valence-corrected chi connectivity index (χ2v) is 8.17. The Morgan fingerprint density at radius 1 is 1.30 bits per heavy atom. The lowest BCUT2D eigenvalue weighted by Gasteiger charge is -2.14. The van der Waals surface area contributed by atoms with E-state index in [0.717, 1.165) is 11.8 Å². The molecular weight excluding hydrogens is 392 g/mol. The molecule has 3 rings (SSSR count). The Bertz CT molecular complexity index is 1110. The Morgan fingerprint density at radius 3 is 2.56 bits per heavy atom. The second kappa shape index (κ2) is 7.23. The molecule has 3 aromatic rings. The third-order valence-corrected chi connectivity index (χ3v) is 5.55. The van der Waals surface area contributed by atoms with Gasteiger partial charge < -0.3 is 10.8 Å². The van der Waals surface area contributed by atoms with Gasteiger partial charge in [-0.1, -0.05) is 23.9 Å². The highest BCUT2D eigenvalue weighted by atomic mass is 32.2. The summed E-state index contributed by atoms with van der Waals surface area (Å²) in [6.07, 6.45) is 1.58. The van der Waals surface area contributed by atoms with Crippen molar-refractivity contribution in [1.82, 2.24) is 19.7 Å². The van der Waals surface area contributed by atoms with Gasteiger partial charge in [0.05, 0.1) is 34.0 Å². The number of primary sulfonamides is 1. The lowest BCUT2D eigenvalue weighted by atomic mass is 10.0. The maximum Gasteiger partial charge on any atom is 0.313 e. The van der Waals surface area contributed by atoms with Crippen molar-refractivity contribution in [2.75, 3.05) is 5.75 Å². The normalized spacial score (nSPS) is 13.0. The predicted molar refractivity (Wildman–Crippen MR) is 98.5 cm³/mol. The van der Waals surface area contributed by atoms with Crippen molar-refractivity contribution in [2.45, 2.75) is 16.1 Å². The summed E-state index contributed by atoms with van der Waals surface area (Å²) in [6.45, 7) is 0. The number of aromatic nitrogens is 4. The molecule has 0 aliphatic heterocycles. The Balaban J connectivity index is 2.04. The largest absolute Gasteiger partial charge is 0.481 e. The van der Waals surface area contributed by atoms with Gasteiger partial charge in [-0.2, -0.15) is 5.10 Å². The third kappa shape index (κ3) is 4.08. The molecule has 0 fully saturated rings. The van der Waals surface area contributed by atoms with Crippen LogP contribution in [-0.2, 0) is 21.9 Å². The number of rotatable bonds is 6. The molecule has 0 saturated heterocycles. The van der Waals surface area contributed by atoms with Crippen molar-refractivity contribution in [3.8, 4) is 0 Å². The molecule has 0 aliphatic rings. The van der Waals surface area contributed by atoms with E-state index in [1.165, 1.54) is 12.1 Å². The van der Waals surface area contributed by atoms with E-state index in [0.29, 0.717) is 22.3 Å². The minimum absolute atomic E-state index is 0.0228. The van der Waals surface area contributed by atoms with Crippen LogP contribution in [-0.4, -0.2) is 45.0 Å². The number of sulfonamides is 1. The topological polar surface area (TPSA) is 167 Å². The number of hydrogen-bond donors (Lipinski definition) is 3. The molecule has 0 aliphatic carbocycles. The fourth-order valence-corrected chi connectivity index (χ4v) is 3.56. The molecule has 1 atom stereocenters. The number of hydrogen-bond acceptors (Lipinski definition) is 8. The van der Waals surface area contributed by atoms with Crippen molar-refractivity contribution in [1.29, 1.82) is 0 Å². The number of aliphatic carboxylic acids is 1. The lowest BCUT2D eigenvalue weighted by Crippen LogP contribution is -2.16. The summed E-state index contributed by atoms with van der Waals surface area (Å²) in [6, 6.07) is 5.15. The van der Waals surface area contributed by atoms with Crippen LogP contribution in [0.2, 0.25) is 0 Å². The minimum atomic E-state index is -3.80. The van der Waals surface area contributed by atoms with Crippen LogP contribution in [0.1, 0.15) is 17.3 Å². The van der Waals surface area contributed by atoms with Gasteiger partial charge in [-0.3, -0.25) is 9.48 Å². The first-order valence-electron chi connectivity index (χ1n) is 7.59. The van der Waals surface area contributed by atoms with Crippen LogP contribution in [0.15, 0.2) is 40.5 Å². The van der Waals surface area contributed by atoms with Gasteiger partial charge in [-0.25, -0.2) is 23.5 Å². The van der Waals surface area contributed by atoms with Crippen LogP contribution in [0.3, 0.4) is 0 Å². The van der Waals surface area contributed by atoms with Crippen LogP contribution >= 0.6 is 11.8 Å². The van der Waals surface area contributed by atoms with E-state index in [1.54, 1.807) is 30.1 Å². The smallest absolute Gasteiger partial charge is 0.313 e. The third-order valence-electron chi connectivity index (χ3n) is 3.79. The Hall–Kier alpha value is -2.54. The number of carbonyl (C=O) groups is 1. The summed E-state index contributed by atoms with van der Waals surface area (Å²) in [5.41, 5.74) is 7.93. The highest BCUT2D eigenvalue weighted by molar-refractivity contribution is 7.99. The zero-order valence-corrected chi connectivity index (χ0v) is 15.7. The summed E-state index contributed by atoms with van der Waals surface area (Å²) >= 11 is 0.974. The fraction of sp³-hybridized carbons (Fsp3) is 0.200. The average Bonchev–Trinajstić information content (AvgIpc) is 2.99. The highest BCUT2D eigenvalue weighted by Crippen LogP contribution is 2.28. The molecule has 5 N–H and O–H groups in total. The van der Waals surface area contributed by atoms with Crippen molar-refractivity contribution >= 4 is 38.8 Å². The van der Waals surface area contributed by atoms with E-state index in [4.69, 9.17) is 16.0 Å². The molecule has 10 nitrogen and oxygen atoms in total. The van der Waals surface area contributed by atoms with Gasteiger partial charge in [-0.15, -0.1) is 0 Å². The SMILES string of the molecule is Cn1ncc2c(C(N)c3ccc(S(N)(=O)=O)cc3)nc(SCC(=O)O)nc21. The van der Waals surface area contributed by atoms with Crippen LogP contribution in [0.4, 0.5) is 0 Å². The van der Waals surface area contributed by atoms with E-state index >= 15 is 0 Å². The molecule has 1 aromatic carbocycles. The summed E-state index contributed by atoms with van der Waals surface area (Å²) in [5, 5.41) is 19.0. The number of fused-ring (bicyclic) bond motifs is 1. The molecular formula is C15H16N6O4S2. The molecule has 2 heterocycles. The number of nitrogens with zero attached hydrogens (tertiary/aromatic N) is 4. The van der Waals surface area contributed by atoms with Crippen molar-refractivity contribution in [3.05, 3.63) is 41.7 Å². The van der Waals surface area contributed by atoms with Crippen molar-refractivity contribution < 1.29 is 18.3 Å². The minimum Gasteiger partial charge on any atom is -0.481 e. The van der Waals surface area contributed by atoms with Crippen molar-refractivity contribution in [3.63, 3.8) is 0 Å². The van der Waals surface area contributed by atoms with Crippen LogP contribution < -0.4 is 10.9 Å². The number of carboxylic acids is 1. The van der Waals surface area contributed by atoms with Gasteiger partial charge in [-0.05, 0) is 17.7 Å². The molecule has 0 bridgehead atoms. The van der Waals surface area contributed by atoms with E-state index < -0.39 is 22.0 Å². The summed E-state index contributed by atoms with van der Waals surface area (Å²) in [5.74, 6) is -1.18. The summed E-state index contributed by atoms with van der Waals surface area (Å²) < 4.78 is 24.3. The monoisotopic (exact) mass is 408 g/mol. The Kier molecular flexibility index (Phi) is 5.15. The van der Waals surface area contributed by atoms with Gasteiger partial charge in [0.1, 0.15) is 0 Å². The molecule has 142 valence electrons. The zero-order chi connectivity index (χ0) is 19.8. The van der Waals surface area contributed by atoms with Gasteiger partial charge in [0.2, 0.25) is 10.0 Å². The molecule has 0 radical (unpaired) electrons. The highest BCUT2D eigenvalue weighted by Gasteiger charge is 2.20. The van der Waals surface area contributed by atoms with Crippen molar-refractivity contribution in [2.24, 2.45) is 17.9 Å². The van der Waals surface area contributed by atoms with Gasteiger partial charge >= 0.3 is 5.97 Å². The molecule has 12 heteroatoms. The van der Waals surface area contributed by atoms with Gasteiger partial charge in [0, 0.05) is 7.05 Å². The molecule has 1 unspecified atom stereocenters. The van der Waals surface area contributed by atoms with E-state index in [1.807, 2.05) is 0 Å². The van der Waals surface area contributed by atoms with E-state index in [9.17, 15) is 13.2 Å². The number of aryl methyl sites for hydroxylation is 1. The standard InChI is InChI=1S/C15H16N6O4S2/c1-21-14-10(6-18-21)13(19-15(20-14)26-7-11(22)23)12(16)8-2-4-9(5-3-8)27(17,24)25/h2-6,12H,7,16H2,1H3,(H,22,23)(H2,17,24,25). The number of benzene rings is 1. The van der Waals surface area contributed by atoms with E-state index in [-0.39, 0.29) is 15.8 Å². The molecule has 27 heavy (non-hydrogen) atoms. The molecule has 0 spiro atoms. The molecule has 0 amide bonds. The first kappa shape index (κ1) is 19.2. The van der Waals surface area contributed by atoms with Gasteiger partial charge in [0.25, 0.3) is 0 Å². The first-order valence-corrected chi connectivity index (χ1v) is 10.1. The second-order valence-electron chi connectivity index (χ2n) is 5.67. The van der Waals surface area contributed by atoms with Crippen LogP contribution in [0.5, 0.6) is 0 Å². The number of thioether (sulfide) groups is 1. The molecule has 0 saturated carbocycles. The Morgan fingerprint density at radius 2 is 1.96 bits per heavy atom. The fourth-order valence-electron chi connectivity index (χ4n) is 2.47. The van der Waals surface area contributed by atoms with E-state index in [2.05, 4.69) is 15.1 Å². The first-order chi connectivity index (χ1) is 12.7. The number of carboxylic acid groups (broad SMARTS) is 1. The quantitative estimate of drug-likeness (QED) is 0.382. The predicted octanol–water partition coefficient (Wildman–Crippen LogP) is 0.235. The maximum atomic E-state index is 11.4. The van der Waals surface area contributed by atoms with Crippen LogP contribution in [0.25, 0.3) is 11.0 Å². The average molecular weight is 408 g/mol. The molecule has 2 aromatic heterocycles. The van der Waals surface area contributed by atoms with Crippen LogP contribution in [0, 0.1) is 0 Å². The number of nitrogens with two attached hydrogens (primary N) is 2. The summed E-state index contributed by atoms with van der Waals surface area (Å²) in [7, 11) is -2.10. The lowest BCUT2D eigenvalue weighted by molar-refractivity contribution is -0.133.